The van der Waals surface area contributed by atoms with E-state index in [1.165, 1.54) is 12.1 Å². The summed E-state index contributed by atoms with van der Waals surface area (Å²) in [5, 5.41) is 22.5. The van der Waals surface area contributed by atoms with Crippen molar-refractivity contribution in [3.8, 4) is 0 Å². The van der Waals surface area contributed by atoms with Gasteiger partial charge in [0, 0.05) is 0 Å². The maximum atomic E-state index is 10.4. The fourth-order valence-electron chi connectivity index (χ4n) is 0.764. The molecular weight excluding hydrogens is 162 g/mol. The van der Waals surface area contributed by atoms with Crippen LogP contribution in [0.2, 0.25) is 0 Å². The largest absolute Gasteiger partial charge is 0.476 e. The lowest BCUT2D eigenvalue weighted by Crippen LogP contribution is -2.05. The number of rotatable bonds is 1. The van der Waals surface area contributed by atoms with E-state index in [-0.39, 0.29) is 5.69 Å². The van der Waals surface area contributed by atoms with Crippen molar-refractivity contribution in [2.45, 2.75) is 0 Å². The Morgan fingerprint density at radius 3 is 3.08 bits per heavy atom. The first-order chi connectivity index (χ1) is 5.77. The van der Waals surface area contributed by atoms with E-state index in [0.717, 1.165) is 4.63 Å². The summed E-state index contributed by atoms with van der Waals surface area (Å²) in [6, 6.07) is 2.82. The van der Waals surface area contributed by atoms with Crippen LogP contribution in [0.1, 0.15) is 10.5 Å². The van der Waals surface area contributed by atoms with Gasteiger partial charge < -0.3 is 5.11 Å². The van der Waals surface area contributed by atoms with Crippen LogP contribution in [-0.2, 0) is 0 Å². The van der Waals surface area contributed by atoms with E-state index < -0.39 is 5.97 Å². The molecule has 12 heavy (non-hydrogen) atoms. The summed E-state index contributed by atoms with van der Waals surface area (Å²) in [7, 11) is 0. The van der Waals surface area contributed by atoms with E-state index >= 15 is 0 Å². The first kappa shape index (κ1) is 6.65. The second kappa shape index (κ2) is 2.22. The van der Waals surface area contributed by atoms with E-state index in [0.29, 0.717) is 5.65 Å². The molecule has 0 spiro atoms. The molecule has 1 N–H and O–H groups in total. The molecule has 7 heteroatoms. The van der Waals surface area contributed by atoms with Gasteiger partial charge in [-0.05, 0) is 22.6 Å². The minimum absolute atomic E-state index is 0.0881. The standard InChI is InChI=1S/C5H3N5O2/c11-5(12)3-1-2-4-6-8-9-10(4)7-3/h1-2H,(H,11,12). The zero-order valence-corrected chi connectivity index (χ0v) is 5.75. The van der Waals surface area contributed by atoms with E-state index in [1.54, 1.807) is 0 Å². The second-order valence-electron chi connectivity index (χ2n) is 2.05. The van der Waals surface area contributed by atoms with Crippen LogP contribution < -0.4 is 0 Å². The van der Waals surface area contributed by atoms with E-state index in [2.05, 4.69) is 20.6 Å². The molecule has 0 saturated heterocycles. The Labute approximate surface area is 65.6 Å². The monoisotopic (exact) mass is 165 g/mol. The van der Waals surface area contributed by atoms with Gasteiger partial charge in [-0.3, -0.25) is 0 Å². The number of fused-ring (bicyclic) bond motifs is 1. The Kier molecular flexibility index (Phi) is 1.23. The van der Waals surface area contributed by atoms with Crippen LogP contribution in [0.5, 0.6) is 0 Å². The highest BCUT2D eigenvalue weighted by atomic mass is 16.4. The van der Waals surface area contributed by atoms with Crippen LogP contribution in [0.4, 0.5) is 0 Å². The lowest BCUT2D eigenvalue weighted by Gasteiger charge is -1.91. The van der Waals surface area contributed by atoms with Crippen LogP contribution in [0.15, 0.2) is 12.1 Å². The summed E-state index contributed by atoms with van der Waals surface area (Å²) in [6.45, 7) is 0. The fourth-order valence-corrected chi connectivity index (χ4v) is 0.764. The van der Waals surface area contributed by atoms with Crippen molar-refractivity contribution in [3.63, 3.8) is 0 Å². The normalized spacial score (nSPS) is 10.3. The molecule has 7 nitrogen and oxygen atoms in total. The summed E-state index contributed by atoms with van der Waals surface area (Å²) in [5.74, 6) is -1.10. The molecule has 0 aliphatic carbocycles. The zero-order valence-electron chi connectivity index (χ0n) is 5.75. The van der Waals surface area contributed by atoms with Crippen LogP contribution >= 0.6 is 0 Å². The first-order valence-corrected chi connectivity index (χ1v) is 3.06. The minimum atomic E-state index is -1.10. The third-order valence-corrected chi connectivity index (χ3v) is 1.29. The average Bonchev–Trinajstić information content (AvgIpc) is 2.49. The third kappa shape index (κ3) is 0.875. The van der Waals surface area contributed by atoms with Crippen molar-refractivity contribution in [2.24, 2.45) is 0 Å². The summed E-state index contributed by atoms with van der Waals surface area (Å²) in [4.78, 5) is 10.4. The van der Waals surface area contributed by atoms with Crippen molar-refractivity contribution in [1.29, 1.82) is 0 Å². The lowest BCUT2D eigenvalue weighted by atomic mass is 10.4. The number of carboxylic acid groups (broad SMARTS) is 1. The van der Waals surface area contributed by atoms with Crippen LogP contribution in [-0.4, -0.2) is 36.3 Å². The molecule has 0 saturated carbocycles. The topological polar surface area (TPSA) is 93.3 Å². The average molecular weight is 165 g/mol. The number of tetrazole rings is 1. The third-order valence-electron chi connectivity index (χ3n) is 1.29. The number of aromatic nitrogens is 5. The number of hydrogen-bond acceptors (Lipinski definition) is 5. The van der Waals surface area contributed by atoms with Gasteiger partial charge in [0.25, 0.3) is 0 Å². The van der Waals surface area contributed by atoms with Crippen molar-refractivity contribution >= 4 is 11.6 Å². The van der Waals surface area contributed by atoms with Crippen molar-refractivity contribution in [2.75, 3.05) is 0 Å². The van der Waals surface area contributed by atoms with Gasteiger partial charge in [-0.1, -0.05) is 0 Å². The van der Waals surface area contributed by atoms with E-state index in [1.807, 2.05) is 0 Å². The van der Waals surface area contributed by atoms with Crippen LogP contribution in [0, 0.1) is 0 Å². The predicted octanol–water partition coefficient (Wildman–Crippen LogP) is -0.783. The summed E-state index contributed by atoms with van der Waals surface area (Å²) in [5.41, 5.74) is 0.329. The Hall–Kier alpha value is -2.05. The quantitative estimate of drug-likeness (QED) is 0.595. The second-order valence-corrected chi connectivity index (χ2v) is 2.05. The lowest BCUT2D eigenvalue weighted by molar-refractivity contribution is 0.0688. The van der Waals surface area contributed by atoms with Gasteiger partial charge in [0.15, 0.2) is 11.3 Å². The molecule has 2 heterocycles. The number of hydrogen-bond donors (Lipinski definition) is 1. The number of carboxylic acids is 1. The van der Waals surface area contributed by atoms with Crippen LogP contribution in [0.25, 0.3) is 5.65 Å². The van der Waals surface area contributed by atoms with Gasteiger partial charge in [0.1, 0.15) is 0 Å². The van der Waals surface area contributed by atoms with Crippen molar-refractivity contribution < 1.29 is 9.90 Å². The number of carbonyl (C=O) groups is 1. The highest BCUT2D eigenvalue weighted by molar-refractivity contribution is 5.85. The van der Waals surface area contributed by atoms with Gasteiger partial charge in [-0.15, -0.1) is 14.8 Å². The molecule has 2 aromatic rings. The molecule has 0 fully saturated rings. The molecule has 0 amide bonds. The van der Waals surface area contributed by atoms with Crippen molar-refractivity contribution in [1.82, 2.24) is 25.3 Å². The first-order valence-electron chi connectivity index (χ1n) is 3.06. The minimum Gasteiger partial charge on any atom is -0.476 e. The van der Waals surface area contributed by atoms with Gasteiger partial charge in [0.05, 0.1) is 0 Å². The smallest absolute Gasteiger partial charge is 0.356 e. The van der Waals surface area contributed by atoms with E-state index in [9.17, 15) is 4.79 Å². The maximum absolute atomic E-state index is 10.4. The molecule has 0 aliphatic heterocycles. The molecule has 0 atom stereocenters. The molecule has 0 aliphatic rings. The Bertz CT molecular complexity index is 436. The van der Waals surface area contributed by atoms with Gasteiger partial charge in [0.2, 0.25) is 0 Å². The van der Waals surface area contributed by atoms with Gasteiger partial charge in [-0.2, -0.15) is 0 Å². The fraction of sp³-hybridized carbons (Fsp3) is 0. The predicted molar refractivity (Wildman–Crippen MR) is 35.5 cm³/mol. The highest BCUT2D eigenvalue weighted by Crippen LogP contribution is 1.96. The summed E-state index contributed by atoms with van der Waals surface area (Å²) < 4.78 is 1.06. The summed E-state index contributed by atoms with van der Waals surface area (Å²) in [6.07, 6.45) is 0. The van der Waals surface area contributed by atoms with E-state index in [4.69, 9.17) is 5.11 Å². The Morgan fingerprint density at radius 2 is 2.33 bits per heavy atom. The molecule has 0 radical (unpaired) electrons. The Balaban J connectivity index is 2.68. The number of aromatic carboxylic acids is 1. The Morgan fingerprint density at radius 1 is 1.50 bits per heavy atom. The zero-order chi connectivity index (χ0) is 8.55. The van der Waals surface area contributed by atoms with Gasteiger partial charge >= 0.3 is 5.97 Å². The maximum Gasteiger partial charge on any atom is 0.356 e. The van der Waals surface area contributed by atoms with Crippen LogP contribution in [0.3, 0.4) is 0 Å². The summed E-state index contributed by atoms with van der Waals surface area (Å²) >= 11 is 0. The molecule has 2 aromatic heterocycles. The molecule has 0 aromatic carbocycles. The molecule has 0 unspecified atom stereocenters. The van der Waals surface area contributed by atoms with Gasteiger partial charge in [-0.25, -0.2) is 4.79 Å². The molecular formula is C5H3N5O2. The SMILES string of the molecule is O=C(O)c1ccc2nnnn2n1. The number of nitrogens with zero attached hydrogens (tertiary/aromatic N) is 5. The molecule has 0 bridgehead atoms. The molecule has 60 valence electrons. The van der Waals surface area contributed by atoms with Crippen molar-refractivity contribution in [3.05, 3.63) is 17.8 Å². The molecule has 2 rings (SSSR count). The highest BCUT2D eigenvalue weighted by Gasteiger charge is 2.06.